The van der Waals surface area contributed by atoms with Gasteiger partial charge < -0.3 is 5.32 Å². The molecular weight excluding hydrogens is 225 g/mol. The normalized spacial score (nSPS) is 12.4. The molecule has 0 spiro atoms. The third kappa shape index (κ3) is 2.77. The van der Waals surface area contributed by atoms with Crippen LogP contribution in [0, 0.1) is 12.7 Å². The molecule has 94 valence electrons. The van der Waals surface area contributed by atoms with Crippen LogP contribution in [-0.4, -0.2) is 7.05 Å². The minimum atomic E-state index is -0.183. The Morgan fingerprint density at radius 1 is 1.00 bits per heavy atom. The molecule has 0 aliphatic carbocycles. The monoisotopic (exact) mass is 243 g/mol. The van der Waals surface area contributed by atoms with Crippen molar-refractivity contribution in [2.45, 2.75) is 19.9 Å². The fourth-order valence-corrected chi connectivity index (χ4v) is 2.03. The molecule has 0 aliphatic heterocycles. The number of nitrogens with one attached hydrogen (secondary N) is 1. The van der Waals surface area contributed by atoms with Crippen LogP contribution in [0.2, 0.25) is 0 Å². The number of benzene rings is 2. The summed E-state index contributed by atoms with van der Waals surface area (Å²) in [7, 11) is 1.94. The second-order valence-electron chi connectivity index (χ2n) is 4.65. The van der Waals surface area contributed by atoms with Crippen molar-refractivity contribution >= 4 is 0 Å². The van der Waals surface area contributed by atoms with Gasteiger partial charge in [-0.25, -0.2) is 4.39 Å². The summed E-state index contributed by atoms with van der Waals surface area (Å²) in [5.41, 5.74) is 4.15. The molecule has 2 aromatic rings. The zero-order chi connectivity index (χ0) is 13.1. The Bertz CT molecular complexity index is 511. The second-order valence-corrected chi connectivity index (χ2v) is 4.65. The Morgan fingerprint density at radius 3 is 2.22 bits per heavy atom. The van der Waals surface area contributed by atoms with E-state index >= 15 is 0 Å². The number of rotatable bonds is 3. The molecule has 0 saturated heterocycles. The first-order chi connectivity index (χ1) is 8.60. The van der Waals surface area contributed by atoms with Crippen molar-refractivity contribution in [2.24, 2.45) is 0 Å². The highest BCUT2D eigenvalue weighted by molar-refractivity contribution is 5.64. The Labute approximate surface area is 108 Å². The number of hydrogen-bond donors (Lipinski definition) is 1. The quantitative estimate of drug-likeness (QED) is 0.856. The summed E-state index contributed by atoms with van der Waals surface area (Å²) < 4.78 is 13.4. The smallest absolute Gasteiger partial charge is 0.124 e. The highest BCUT2D eigenvalue weighted by atomic mass is 19.1. The molecule has 2 aromatic carbocycles. The maximum Gasteiger partial charge on any atom is 0.124 e. The lowest BCUT2D eigenvalue weighted by atomic mass is 10.00. The van der Waals surface area contributed by atoms with E-state index in [1.165, 1.54) is 5.56 Å². The fourth-order valence-electron chi connectivity index (χ4n) is 2.03. The molecule has 1 unspecified atom stereocenters. The summed E-state index contributed by atoms with van der Waals surface area (Å²) in [6.07, 6.45) is 0. The molecule has 0 aliphatic rings. The van der Waals surface area contributed by atoms with Gasteiger partial charge in [0.1, 0.15) is 5.82 Å². The van der Waals surface area contributed by atoms with E-state index in [9.17, 15) is 4.39 Å². The minimum absolute atomic E-state index is 0.183. The van der Waals surface area contributed by atoms with Gasteiger partial charge in [-0.2, -0.15) is 0 Å². The molecular formula is C16H18FN. The van der Waals surface area contributed by atoms with Crippen molar-refractivity contribution in [1.82, 2.24) is 5.32 Å². The van der Waals surface area contributed by atoms with Crippen LogP contribution in [0.25, 0.3) is 11.1 Å². The molecule has 1 N–H and O–H groups in total. The van der Waals surface area contributed by atoms with Crippen LogP contribution >= 0.6 is 0 Å². The summed E-state index contributed by atoms with van der Waals surface area (Å²) in [5.74, 6) is -0.183. The van der Waals surface area contributed by atoms with E-state index in [2.05, 4.69) is 24.4 Å². The first-order valence-electron chi connectivity index (χ1n) is 6.15. The summed E-state index contributed by atoms with van der Waals surface area (Å²) >= 11 is 0. The van der Waals surface area contributed by atoms with Gasteiger partial charge in [0.25, 0.3) is 0 Å². The van der Waals surface area contributed by atoms with Crippen molar-refractivity contribution in [3.63, 3.8) is 0 Å². The summed E-state index contributed by atoms with van der Waals surface area (Å²) in [5, 5.41) is 3.20. The largest absolute Gasteiger partial charge is 0.313 e. The van der Waals surface area contributed by atoms with E-state index < -0.39 is 0 Å². The van der Waals surface area contributed by atoms with E-state index in [4.69, 9.17) is 0 Å². The third-order valence-corrected chi connectivity index (χ3v) is 3.22. The first-order valence-corrected chi connectivity index (χ1v) is 6.15. The van der Waals surface area contributed by atoms with Gasteiger partial charge in [-0.1, -0.05) is 30.3 Å². The van der Waals surface area contributed by atoms with Crippen molar-refractivity contribution < 1.29 is 4.39 Å². The number of aryl methyl sites for hydroxylation is 1. The predicted octanol–water partition coefficient (Wildman–Crippen LogP) is 4.08. The SMILES string of the molecule is CNC(C)c1ccc(-c2cc(C)cc(F)c2)cc1. The van der Waals surface area contributed by atoms with Gasteiger partial charge in [0.2, 0.25) is 0 Å². The van der Waals surface area contributed by atoms with E-state index in [1.807, 2.05) is 32.2 Å². The Morgan fingerprint density at radius 2 is 1.67 bits per heavy atom. The van der Waals surface area contributed by atoms with Crippen LogP contribution in [0.4, 0.5) is 4.39 Å². The molecule has 2 rings (SSSR count). The molecule has 0 aromatic heterocycles. The van der Waals surface area contributed by atoms with Gasteiger partial charge in [-0.05, 0) is 55.3 Å². The molecule has 0 radical (unpaired) electrons. The van der Waals surface area contributed by atoms with Crippen molar-refractivity contribution in [3.05, 3.63) is 59.4 Å². The zero-order valence-electron chi connectivity index (χ0n) is 11.0. The number of halogens is 1. The number of hydrogen-bond acceptors (Lipinski definition) is 1. The standard InChI is InChI=1S/C16H18FN/c1-11-8-15(10-16(17)9-11)14-6-4-13(5-7-14)12(2)18-3/h4-10,12,18H,1-3H3. The van der Waals surface area contributed by atoms with E-state index in [-0.39, 0.29) is 5.82 Å². The Hall–Kier alpha value is -1.67. The van der Waals surface area contributed by atoms with Crippen molar-refractivity contribution in [1.29, 1.82) is 0 Å². The lowest BCUT2D eigenvalue weighted by Crippen LogP contribution is -2.11. The predicted molar refractivity (Wildman–Crippen MR) is 74.0 cm³/mol. The molecule has 0 fully saturated rings. The molecule has 18 heavy (non-hydrogen) atoms. The third-order valence-electron chi connectivity index (χ3n) is 3.22. The topological polar surface area (TPSA) is 12.0 Å². The van der Waals surface area contributed by atoms with Gasteiger partial charge in [-0.15, -0.1) is 0 Å². The lowest BCUT2D eigenvalue weighted by Gasteiger charge is -2.11. The van der Waals surface area contributed by atoms with Crippen LogP contribution in [0.3, 0.4) is 0 Å². The molecule has 0 heterocycles. The van der Waals surface area contributed by atoms with Gasteiger partial charge in [-0.3, -0.25) is 0 Å². The second kappa shape index (κ2) is 5.32. The first kappa shape index (κ1) is 12.8. The fraction of sp³-hybridized carbons (Fsp3) is 0.250. The van der Waals surface area contributed by atoms with Gasteiger partial charge >= 0.3 is 0 Å². The van der Waals surface area contributed by atoms with Gasteiger partial charge in [0.15, 0.2) is 0 Å². The summed E-state index contributed by atoms with van der Waals surface area (Å²) in [6, 6.07) is 13.7. The highest BCUT2D eigenvalue weighted by Crippen LogP contribution is 2.23. The lowest BCUT2D eigenvalue weighted by molar-refractivity contribution is 0.627. The molecule has 0 amide bonds. The van der Waals surface area contributed by atoms with Crippen LogP contribution in [-0.2, 0) is 0 Å². The Balaban J connectivity index is 2.34. The van der Waals surface area contributed by atoms with E-state index in [0.29, 0.717) is 6.04 Å². The van der Waals surface area contributed by atoms with Crippen LogP contribution in [0.15, 0.2) is 42.5 Å². The Kier molecular flexibility index (Phi) is 3.78. The van der Waals surface area contributed by atoms with Crippen LogP contribution in [0.5, 0.6) is 0 Å². The average Bonchev–Trinajstić information content (AvgIpc) is 2.37. The minimum Gasteiger partial charge on any atom is -0.313 e. The van der Waals surface area contributed by atoms with Gasteiger partial charge in [0.05, 0.1) is 0 Å². The summed E-state index contributed by atoms with van der Waals surface area (Å²) in [4.78, 5) is 0. The van der Waals surface area contributed by atoms with Crippen molar-refractivity contribution in [2.75, 3.05) is 7.05 Å². The van der Waals surface area contributed by atoms with Gasteiger partial charge in [0, 0.05) is 6.04 Å². The van der Waals surface area contributed by atoms with E-state index in [0.717, 1.165) is 16.7 Å². The molecule has 2 heteroatoms. The molecule has 0 bridgehead atoms. The maximum absolute atomic E-state index is 13.4. The average molecular weight is 243 g/mol. The maximum atomic E-state index is 13.4. The summed E-state index contributed by atoms with van der Waals surface area (Å²) in [6.45, 7) is 4.02. The molecule has 1 nitrogen and oxygen atoms in total. The molecule has 1 atom stereocenters. The zero-order valence-corrected chi connectivity index (χ0v) is 11.0. The highest BCUT2D eigenvalue weighted by Gasteiger charge is 2.04. The van der Waals surface area contributed by atoms with E-state index in [1.54, 1.807) is 12.1 Å². The van der Waals surface area contributed by atoms with Crippen LogP contribution in [0.1, 0.15) is 24.1 Å². The van der Waals surface area contributed by atoms with Crippen molar-refractivity contribution in [3.8, 4) is 11.1 Å². The van der Waals surface area contributed by atoms with Crippen LogP contribution < -0.4 is 5.32 Å². The molecule has 0 saturated carbocycles.